The summed E-state index contributed by atoms with van der Waals surface area (Å²) in [6.45, 7) is 8.59. The summed E-state index contributed by atoms with van der Waals surface area (Å²) in [7, 11) is -1.28. The van der Waals surface area contributed by atoms with Gasteiger partial charge in [0, 0.05) is 5.69 Å². The van der Waals surface area contributed by atoms with Crippen LogP contribution in [0.1, 0.15) is 11.4 Å². The van der Waals surface area contributed by atoms with Crippen molar-refractivity contribution in [3.05, 3.63) is 23.8 Å². The molecule has 3 heteroatoms. The van der Waals surface area contributed by atoms with Gasteiger partial charge in [-0.3, -0.25) is 0 Å². The first-order valence-corrected chi connectivity index (χ1v) is 7.79. The van der Waals surface area contributed by atoms with Gasteiger partial charge in [0.1, 0.15) is 20.1 Å². The Kier molecular flexibility index (Phi) is 2.84. The summed E-state index contributed by atoms with van der Waals surface area (Å²) in [4.78, 5) is 8.10. The van der Waals surface area contributed by atoms with Gasteiger partial charge in [-0.25, -0.2) is 9.97 Å². The molecule has 1 aromatic heterocycles. The van der Waals surface area contributed by atoms with Gasteiger partial charge in [0.2, 0.25) is 0 Å². The van der Waals surface area contributed by atoms with Crippen LogP contribution in [0.2, 0.25) is 19.6 Å². The molecule has 2 nitrogen and oxygen atoms in total. The van der Waals surface area contributed by atoms with E-state index < -0.39 is 8.07 Å². The first kappa shape index (κ1) is 9.94. The van der Waals surface area contributed by atoms with Gasteiger partial charge < -0.3 is 0 Å². The summed E-state index contributed by atoms with van der Waals surface area (Å²) in [6, 6.07) is 1.91. The Morgan fingerprint density at radius 1 is 1.23 bits per heavy atom. The van der Waals surface area contributed by atoms with Crippen LogP contribution in [0.5, 0.6) is 0 Å². The molecule has 0 aromatic carbocycles. The molecule has 13 heavy (non-hydrogen) atoms. The standard InChI is InChI=1S/C10H14N2Si/c1-9-7-10(12-8-11-9)5-6-13(2,3)4/h7-8H,1-4H3. The maximum Gasteiger partial charge on any atom is 0.129 e. The zero-order valence-electron chi connectivity index (χ0n) is 8.55. The van der Waals surface area contributed by atoms with Crippen LogP contribution in [0.15, 0.2) is 12.4 Å². The fourth-order valence-corrected chi connectivity index (χ4v) is 1.28. The Bertz CT molecular complexity index is 355. The average Bonchev–Trinajstić information content (AvgIpc) is 2.00. The van der Waals surface area contributed by atoms with E-state index in [0.717, 1.165) is 11.4 Å². The third kappa shape index (κ3) is 3.86. The van der Waals surface area contributed by atoms with Gasteiger partial charge in [0.15, 0.2) is 0 Å². The van der Waals surface area contributed by atoms with Crippen molar-refractivity contribution < 1.29 is 0 Å². The second-order valence-electron chi connectivity index (χ2n) is 4.04. The van der Waals surface area contributed by atoms with E-state index in [0.29, 0.717) is 0 Å². The smallest absolute Gasteiger partial charge is 0.129 e. The molecule has 0 bridgehead atoms. The summed E-state index contributed by atoms with van der Waals surface area (Å²) in [5.74, 6) is 3.09. The van der Waals surface area contributed by atoms with Crippen molar-refractivity contribution in [1.82, 2.24) is 9.97 Å². The normalized spacial score (nSPS) is 10.5. The SMILES string of the molecule is Cc1cc(C#C[Si](C)(C)C)ncn1. The van der Waals surface area contributed by atoms with Crippen LogP contribution in [0.25, 0.3) is 0 Å². The van der Waals surface area contributed by atoms with Crippen molar-refractivity contribution >= 4 is 8.07 Å². The Labute approximate surface area is 80.4 Å². The summed E-state index contributed by atoms with van der Waals surface area (Å²) in [5.41, 5.74) is 5.06. The van der Waals surface area contributed by atoms with Crippen molar-refractivity contribution in [3.63, 3.8) is 0 Å². The molecule has 0 aliphatic heterocycles. The quantitative estimate of drug-likeness (QED) is 0.462. The summed E-state index contributed by atoms with van der Waals surface area (Å²) in [6.07, 6.45) is 1.56. The maximum atomic E-state index is 4.08. The van der Waals surface area contributed by atoms with E-state index in [1.54, 1.807) is 6.33 Å². The maximum absolute atomic E-state index is 4.08. The van der Waals surface area contributed by atoms with Gasteiger partial charge in [-0.1, -0.05) is 25.6 Å². The van der Waals surface area contributed by atoms with Gasteiger partial charge in [-0.05, 0) is 13.0 Å². The molecular weight excluding hydrogens is 176 g/mol. The zero-order chi connectivity index (χ0) is 9.90. The first-order chi connectivity index (χ1) is 5.97. The van der Waals surface area contributed by atoms with Gasteiger partial charge in [-0.2, -0.15) is 0 Å². The van der Waals surface area contributed by atoms with E-state index >= 15 is 0 Å². The van der Waals surface area contributed by atoms with Gasteiger partial charge in [0.25, 0.3) is 0 Å². The highest BCUT2D eigenvalue weighted by Gasteiger charge is 2.07. The molecule has 0 saturated carbocycles. The van der Waals surface area contributed by atoms with Crippen LogP contribution in [0.4, 0.5) is 0 Å². The lowest BCUT2D eigenvalue weighted by atomic mass is 10.3. The number of hydrogen-bond acceptors (Lipinski definition) is 2. The van der Waals surface area contributed by atoms with Crippen molar-refractivity contribution in [2.45, 2.75) is 26.6 Å². The van der Waals surface area contributed by atoms with E-state index in [-0.39, 0.29) is 0 Å². The van der Waals surface area contributed by atoms with Crippen LogP contribution in [-0.4, -0.2) is 18.0 Å². The minimum atomic E-state index is -1.28. The highest BCUT2D eigenvalue weighted by Crippen LogP contribution is 1.99. The monoisotopic (exact) mass is 190 g/mol. The predicted molar refractivity (Wildman–Crippen MR) is 57.0 cm³/mol. The highest BCUT2D eigenvalue weighted by atomic mass is 28.3. The zero-order valence-corrected chi connectivity index (χ0v) is 9.55. The molecule has 0 N–H and O–H groups in total. The highest BCUT2D eigenvalue weighted by molar-refractivity contribution is 6.83. The lowest BCUT2D eigenvalue weighted by Gasteiger charge is -2.02. The third-order valence-corrected chi connectivity index (χ3v) is 2.24. The minimum absolute atomic E-state index is 0.829. The van der Waals surface area contributed by atoms with E-state index in [1.807, 2.05) is 13.0 Å². The number of nitrogens with zero attached hydrogens (tertiary/aromatic N) is 2. The third-order valence-electron chi connectivity index (χ3n) is 1.37. The molecular formula is C10H14N2Si. The minimum Gasteiger partial charge on any atom is -0.242 e. The molecule has 0 aliphatic carbocycles. The molecule has 1 heterocycles. The fourth-order valence-electron chi connectivity index (χ4n) is 0.774. The summed E-state index contributed by atoms with van der Waals surface area (Å²) in [5, 5.41) is 0. The largest absolute Gasteiger partial charge is 0.242 e. The van der Waals surface area contributed by atoms with E-state index in [2.05, 4.69) is 41.1 Å². The Morgan fingerprint density at radius 2 is 1.92 bits per heavy atom. The van der Waals surface area contributed by atoms with Crippen LogP contribution < -0.4 is 0 Å². The van der Waals surface area contributed by atoms with Crippen molar-refractivity contribution in [3.8, 4) is 11.5 Å². The molecule has 0 saturated heterocycles. The van der Waals surface area contributed by atoms with Gasteiger partial charge >= 0.3 is 0 Å². The van der Waals surface area contributed by atoms with E-state index in [9.17, 15) is 0 Å². The van der Waals surface area contributed by atoms with Crippen molar-refractivity contribution in [2.24, 2.45) is 0 Å². The lowest BCUT2D eigenvalue weighted by molar-refractivity contribution is 1.09. The summed E-state index contributed by atoms with van der Waals surface area (Å²) >= 11 is 0. The van der Waals surface area contributed by atoms with Crippen LogP contribution in [-0.2, 0) is 0 Å². The molecule has 0 unspecified atom stereocenters. The van der Waals surface area contributed by atoms with Crippen LogP contribution >= 0.6 is 0 Å². The Balaban J connectivity index is 2.90. The van der Waals surface area contributed by atoms with Crippen molar-refractivity contribution in [1.29, 1.82) is 0 Å². The molecule has 68 valence electrons. The topological polar surface area (TPSA) is 25.8 Å². The second-order valence-corrected chi connectivity index (χ2v) is 8.79. The molecule has 0 amide bonds. The van der Waals surface area contributed by atoms with E-state index in [1.165, 1.54) is 0 Å². The molecule has 0 atom stereocenters. The molecule has 0 aliphatic rings. The molecule has 0 fully saturated rings. The van der Waals surface area contributed by atoms with Gasteiger partial charge in [0.05, 0.1) is 0 Å². The summed E-state index contributed by atoms with van der Waals surface area (Å²) < 4.78 is 0. The molecule has 1 aromatic rings. The number of aryl methyl sites for hydroxylation is 1. The van der Waals surface area contributed by atoms with E-state index in [4.69, 9.17) is 0 Å². The average molecular weight is 190 g/mol. The number of rotatable bonds is 0. The first-order valence-electron chi connectivity index (χ1n) is 4.29. The van der Waals surface area contributed by atoms with Crippen LogP contribution in [0, 0.1) is 18.4 Å². The Morgan fingerprint density at radius 3 is 2.46 bits per heavy atom. The van der Waals surface area contributed by atoms with Gasteiger partial charge in [-0.15, -0.1) is 5.54 Å². The Hall–Kier alpha value is -1.14. The predicted octanol–water partition coefficient (Wildman–Crippen LogP) is 2.01. The number of aromatic nitrogens is 2. The molecule has 1 rings (SSSR count). The number of hydrogen-bond donors (Lipinski definition) is 0. The van der Waals surface area contributed by atoms with Crippen molar-refractivity contribution in [2.75, 3.05) is 0 Å². The second kappa shape index (κ2) is 3.71. The lowest BCUT2D eigenvalue weighted by Crippen LogP contribution is -2.16. The van der Waals surface area contributed by atoms with Crippen LogP contribution in [0.3, 0.4) is 0 Å². The molecule has 0 radical (unpaired) electrons. The fraction of sp³-hybridized carbons (Fsp3) is 0.400. The molecule has 0 spiro atoms.